The minimum absolute atomic E-state index is 0.0488. The molecule has 9 rings (SSSR count). The van der Waals surface area contributed by atoms with Crippen LogP contribution in [-0.4, -0.2) is 83.5 Å². The zero-order chi connectivity index (χ0) is 46.4. The van der Waals surface area contributed by atoms with Crippen molar-refractivity contribution < 1.29 is 27.3 Å². The number of nitro groups is 1. The number of ether oxygens (including phenoxy) is 1. The Bertz CT molecular complexity index is 2790. The number of pyridine rings is 2. The number of amides is 1. The molecule has 0 bridgehead atoms. The average molecular weight is 920 g/mol. The maximum Gasteiger partial charge on any atom is 0.293 e. The molecule has 15 nitrogen and oxygen atoms in total. The predicted molar refractivity (Wildman–Crippen MR) is 252 cm³/mol. The number of nitrogens with zero attached hydrogens (tertiary/aromatic N) is 5. The Kier molecular flexibility index (Phi) is 12.3. The van der Waals surface area contributed by atoms with Gasteiger partial charge in [-0.1, -0.05) is 43.7 Å². The number of carbonyl (C=O) groups excluding carboxylic acids is 1. The molecule has 17 heteroatoms. The van der Waals surface area contributed by atoms with Gasteiger partial charge in [0, 0.05) is 86.7 Å². The number of alkyl halides is 1. The number of hydrogen-bond acceptors (Lipinski definition) is 12. The lowest BCUT2D eigenvalue weighted by atomic mass is 9.60. The summed E-state index contributed by atoms with van der Waals surface area (Å²) in [5.41, 5.74) is 3.10. The number of allylic oxidation sites excluding steroid dienone is 2. The Morgan fingerprint density at radius 3 is 2.58 bits per heavy atom. The highest BCUT2D eigenvalue weighted by molar-refractivity contribution is 7.90. The Morgan fingerprint density at radius 1 is 1.03 bits per heavy atom. The second-order valence-electron chi connectivity index (χ2n) is 19.2. The van der Waals surface area contributed by atoms with Gasteiger partial charge in [0.05, 0.1) is 16.0 Å². The number of aromatic amines is 1. The zero-order valence-electron chi connectivity index (χ0n) is 37.9. The topological polar surface area (TPSA) is 188 Å². The highest BCUT2D eigenvalue weighted by Gasteiger charge is 2.50. The first-order chi connectivity index (χ1) is 31.6. The molecule has 4 aliphatic rings. The SMILES string of the molecule is CC(C)=C1CC(F)(CNc2ccc(S(=O)(=O)NC(=O)c3cnc(N4CCC5(CC4)CC(N4CCC[C@H]4c4ccccc4C(C)C)C5)cc3Oc3cnc4[nH]ccc4c3)cc2[N+](=O)[O-])CCN1. The molecule has 66 heavy (non-hydrogen) atoms. The van der Waals surface area contributed by atoms with Crippen LogP contribution in [0, 0.1) is 15.5 Å². The van der Waals surface area contributed by atoms with Crippen molar-refractivity contribution in [2.45, 2.75) is 108 Å². The maximum absolute atomic E-state index is 15.8. The quantitative estimate of drug-likeness (QED) is 0.0649. The first-order valence-corrected chi connectivity index (χ1v) is 24.5. The summed E-state index contributed by atoms with van der Waals surface area (Å²) in [6.45, 7) is 11.2. The molecule has 4 N–H and O–H groups in total. The largest absolute Gasteiger partial charge is 0.455 e. The van der Waals surface area contributed by atoms with E-state index in [9.17, 15) is 23.3 Å². The third kappa shape index (κ3) is 9.19. The second-order valence-corrected chi connectivity index (χ2v) is 20.8. The molecular formula is C49H58FN9O6S. The molecule has 2 aromatic carbocycles. The molecule has 1 amide bonds. The number of fused-ring (bicyclic) bond motifs is 1. The summed E-state index contributed by atoms with van der Waals surface area (Å²) < 4.78 is 51.7. The smallest absolute Gasteiger partial charge is 0.293 e. The molecule has 4 fully saturated rings. The summed E-state index contributed by atoms with van der Waals surface area (Å²) in [7, 11) is -4.67. The highest BCUT2D eigenvalue weighted by atomic mass is 32.2. The zero-order valence-corrected chi connectivity index (χ0v) is 38.7. The highest BCUT2D eigenvalue weighted by Crippen LogP contribution is 2.54. The first kappa shape index (κ1) is 45.1. The number of piperidine rings is 2. The Hall–Kier alpha value is -6.07. The molecule has 3 saturated heterocycles. The minimum atomic E-state index is -4.67. The lowest BCUT2D eigenvalue weighted by Crippen LogP contribution is -2.55. The lowest BCUT2D eigenvalue weighted by molar-refractivity contribution is -0.384. The fraction of sp³-hybridized carbons (Fsp3) is 0.449. The normalized spacial score (nSPS) is 21.2. The van der Waals surface area contributed by atoms with Crippen LogP contribution in [0.2, 0.25) is 0 Å². The maximum atomic E-state index is 15.8. The number of carbonyl (C=O) groups is 1. The van der Waals surface area contributed by atoms with Crippen molar-refractivity contribution in [1.82, 2.24) is 29.9 Å². The van der Waals surface area contributed by atoms with Crippen LogP contribution >= 0.6 is 0 Å². The van der Waals surface area contributed by atoms with E-state index in [1.54, 1.807) is 18.3 Å². The molecule has 3 aromatic heterocycles. The molecule has 1 unspecified atom stereocenters. The number of halogens is 1. The van der Waals surface area contributed by atoms with E-state index in [1.165, 1.54) is 55.3 Å². The first-order valence-electron chi connectivity index (χ1n) is 23.0. The third-order valence-corrected chi connectivity index (χ3v) is 15.6. The van der Waals surface area contributed by atoms with E-state index >= 15 is 4.39 Å². The summed E-state index contributed by atoms with van der Waals surface area (Å²) in [5.74, 6) is 0.412. The van der Waals surface area contributed by atoms with E-state index in [-0.39, 0.29) is 41.8 Å². The number of sulfonamides is 1. The molecule has 1 spiro atoms. The van der Waals surface area contributed by atoms with Gasteiger partial charge in [-0.2, -0.15) is 0 Å². The van der Waals surface area contributed by atoms with Crippen LogP contribution in [0.1, 0.15) is 113 Å². The van der Waals surface area contributed by atoms with E-state index in [0.29, 0.717) is 41.8 Å². The van der Waals surface area contributed by atoms with Gasteiger partial charge in [-0.05, 0) is 106 Å². The summed E-state index contributed by atoms with van der Waals surface area (Å²) in [4.78, 5) is 42.0. The van der Waals surface area contributed by atoms with Gasteiger partial charge >= 0.3 is 0 Å². The van der Waals surface area contributed by atoms with Crippen LogP contribution < -0.4 is 25.0 Å². The molecule has 5 aromatic rings. The van der Waals surface area contributed by atoms with Crippen molar-refractivity contribution in [3.8, 4) is 11.5 Å². The summed E-state index contributed by atoms with van der Waals surface area (Å²) >= 11 is 0. The second kappa shape index (κ2) is 18.0. The Labute approximate surface area is 384 Å². The number of likely N-dealkylation sites (tertiary alicyclic amines) is 1. The number of nitro benzene ring substituents is 1. The molecule has 0 radical (unpaired) electrons. The minimum Gasteiger partial charge on any atom is -0.455 e. The average Bonchev–Trinajstić information content (AvgIpc) is 3.97. The lowest BCUT2D eigenvalue weighted by Gasteiger charge is -2.56. The van der Waals surface area contributed by atoms with Gasteiger partial charge in [0.25, 0.3) is 21.6 Å². The molecule has 1 saturated carbocycles. The summed E-state index contributed by atoms with van der Waals surface area (Å²) in [6, 6.07) is 18.4. The van der Waals surface area contributed by atoms with Crippen molar-refractivity contribution in [1.29, 1.82) is 0 Å². The van der Waals surface area contributed by atoms with Crippen LogP contribution in [0.25, 0.3) is 11.0 Å². The van der Waals surface area contributed by atoms with Crippen LogP contribution in [-0.2, 0) is 10.0 Å². The van der Waals surface area contributed by atoms with E-state index in [1.807, 2.05) is 19.9 Å². The van der Waals surface area contributed by atoms with Crippen LogP contribution in [0.4, 0.5) is 21.6 Å². The van der Waals surface area contributed by atoms with Crippen LogP contribution in [0.3, 0.4) is 0 Å². The number of rotatable bonds is 13. The number of hydrogen-bond donors (Lipinski definition) is 4. The molecule has 2 atom stereocenters. The van der Waals surface area contributed by atoms with Crippen molar-refractivity contribution in [3.63, 3.8) is 0 Å². The van der Waals surface area contributed by atoms with Gasteiger partial charge in [-0.3, -0.25) is 19.8 Å². The van der Waals surface area contributed by atoms with E-state index < -0.39 is 37.1 Å². The van der Waals surface area contributed by atoms with E-state index in [2.05, 4.69) is 78.2 Å². The Balaban J connectivity index is 0.902. The number of nitrogens with one attached hydrogen (secondary N) is 4. The van der Waals surface area contributed by atoms with E-state index in [0.717, 1.165) is 61.3 Å². The summed E-state index contributed by atoms with van der Waals surface area (Å²) in [6.07, 6.45) is 11.6. The van der Waals surface area contributed by atoms with Crippen LogP contribution in [0.5, 0.6) is 11.5 Å². The van der Waals surface area contributed by atoms with Gasteiger partial charge in [0.2, 0.25) is 0 Å². The molecule has 6 heterocycles. The van der Waals surface area contributed by atoms with Gasteiger partial charge in [0.1, 0.15) is 39.9 Å². The molecular weight excluding hydrogens is 862 g/mol. The fourth-order valence-electron chi connectivity index (χ4n) is 10.5. The fourth-order valence-corrected chi connectivity index (χ4v) is 11.5. The van der Waals surface area contributed by atoms with Crippen LogP contribution in [0.15, 0.2) is 95.4 Å². The molecule has 1 aliphatic carbocycles. The predicted octanol–water partition coefficient (Wildman–Crippen LogP) is 9.28. The standard InChI is InChI=1S/C49H58FN9O6S/c1-31(2)37-8-5-6-9-38(37)42-10-7-19-58(42)34-25-48(26-34)15-20-57(21-16-48)45-24-44(65-35-22-33-13-17-52-46(33)54-28-35)39(29-53-45)47(60)56-66(63,64)36-11-12-40(43(23-36)59(61)62)55-30-49(50)14-18-51-41(27-49)32(3)4/h5-6,8-9,11-13,17,22-24,28-29,31,34,42,51,55H,7,10,14-16,18-21,25-27,30H2,1-4H3,(H,52,54)(H,56,60)/t42-,49?/m0/s1. The van der Waals surface area contributed by atoms with Crippen molar-refractivity contribution in [2.75, 3.05) is 42.9 Å². The van der Waals surface area contributed by atoms with Crippen molar-refractivity contribution >= 4 is 44.2 Å². The number of anilines is 2. The van der Waals surface area contributed by atoms with Gasteiger partial charge in [0.15, 0.2) is 0 Å². The van der Waals surface area contributed by atoms with Gasteiger partial charge in [-0.15, -0.1) is 0 Å². The number of H-pyrrole nitrogens is 1. The third-order valence-electron chi connectivity index (χ3n) is 14.2. The molecule has 3 aliphatic heterocycles. The monoisotopic (exact) mass is 919 g/mol. The Morgan fingerprint density at radius 2 is 1.82 bits per heavy atom. The van der Waals surface area contributed by atoms with Gasteiger partial charge in [-0.25, -0.2) is 27.5 Å². The number of benzene rings is 2. The van der Waals surface area contributed by atoms with E-state index in [4.69, 9.17) is 4.74 Å². The summed E-state index contributed by atoms with van der Waals surface area (Å²) in [5, 5.41) is 19.0. The number of aromatic nitrogens is 3. The van der Waals surface area contributed by atoms with Crippen molar-refractivity contribution in [3.05, 3.63) is 117 Å². The molecule has 348 valence electrons. The van der Waals surface area contributed by atoms with Crippen molar-refractivity contribution in [2.24, 2.45) is 5.41 Å². The van der Waals surface area contributed by atoms with Gasteiger partial charge < -0.3 is 25.3 Å².